The summed E-state index contributed by atoms with van der Waals surface area (Å²) in [4.78, 5) is 3.74. The molecule has 2 heteroatoms. The molecule has 1 N–H and O–H groups in total. The largest absolute Gasteiger partial charge is 0.316 e. The van der Waals surface area contributed by atoms with Crippen LogP contribution in [0.4, 0.5) is 0 Å². The molecule has 1 heterocycles. The van der Waals surface area contributed by atoms with Crippen molar-refractivity contribution in [2.45, 2.75) is 13.3 Å². The molecule has 1 atom stereocenters. The third kappa shape index (κ3) is 1.67. The Labute approximate surface area is 62.0 Å². The minimum Gasteiger partial charge on any atom is -0.316 e. The molecule has 0 aromatic heterocycles. The van der Waals surface area contributed by atoms with Crippen LogP contribution in [0.15, 0.2) is 16.8 Å². The van der Waals surface area contributed by atoms with Gasteiger partial charge in [-0.2, -0.15) is 0 Å². The second-order valence-electron chi connectivity index (χ2n) is 2.75. The van der Waals surface area contributed by atoms with Gasteiger partial charge in [0.25, 0.3) is 0 Å². The predicted molar refractivity (Wildman–Crippen MR) is 44.3 cm³/mol. The average molecular weight is 138 g/mol. The summed E-state index contributed by atoms with van der Waals surface area (Å²) >= 11 is 0. The van der Waals surface area contributed by atoms with Crippen LogP contribution in [0.25, 0.3) is 0 Å². The van der Waals surface area contributed by atoms with E-state index in [2.05, 4.69) is 24.0 Å². The predicted octanol–water partition coefficient (Wildman–Crippen LogP) is 1.20. The highest BCUT2D eigenvalue weighted by Gasteiger charge is 2.14. The summed E-state index contributed by atoms with van der Waals surface area (Å²) in [5.74, 6) is 0.700. The van der Waals surface area contributed by atoms with E-state index in [9.17, 15) is 0 Å². The summed E-state index contributed by atoms with van der Waals surface area (Å²) in [5.41, 5.74) is 1.35. The Morgan fingerprint density at radius 3 is 3.10 bits per heavy atom. The molecule has 0 aromatic carbocycles. The summed E-state index contributed by atoms with van der Waals surface area (Å²) in [7, 11) is 0. The molecule has 0 aliphatic carbocycles. The summed E-state index contributed by atoms with van der Waals surface area (Å²) < 4.78 is 0. The molecular formula is C8H14N2. The molecular weight excluding hydrogens is 124 g/mol. The zero-order chi connectivity index (χ0) is 7.40. The Kier molecular flexibility index (Phi) is 2.63. The first kappa shape index (κ1) is 7.48. The molecule has 0 bridgehead atoms. The Bertz CT molecular complexity index is 143. The fourth-order valence-electron chi connectivity index (χ4n) is 1.29. The van der Waals surface area contributed by atoms with Crippen molar-refractivity contribution in [3.05, 3.63) is 11.8 Å². The molecule has 0 aromatic rings. The van der Waals surface area contributed by atoms with Gasteiger partial charge in [-0.25, -0.2) is 0 Å². The summed E-state index contributed by atoms with van der Waals surface area (Å²) in [5, 5.41) is 3.31. The van der Waals surface area contributed by atoms with Gasteiger partial charge in [-0.05, 0) is 32.5 Å². The van der Waals surface area contributed by atoms with Crippen molar-refractivity contribution in [1.82, 2.24) is 5.32 Å². The molecule has 0 radical (unpaired) electrons. The molecule has 10 heavy (non-hydrogen) atoms. The van der Waals surface area contributed by atoms with E-state index in [0.29, 0.717) is 5.92 Å². The van der Waals surface area contributed by atoms with Gasteiger partial charge in [0.05, 0.1) is 0 Å². The number of rotatable bonds is 2. The lowest BCUT2D eigenvalue weighted by atomic mass is 10.0. The van der Waals surface area contributed by atoms with E-state index in [1.165, 1.54) is 12.0 Å². The van der Waals surface area contributed by atoms with Crippen molar-refractivity contribution < 1.29 is 0 Å². The van der Waals surface area contributed by atoms with Crippen LogP contribution in [0, 0.1) is 5.92 Å². The Morgan fingerprint density at radius 1 is 1.80 bits per heavy atom. The quantitative estimate of drug-likeness (QED) is 0.570. The Hall–Kier alpha value is -0.630. The lowest BCUT2D eigenvalue weighted by Crippen LogP contribution is -2.09. The van der Waals surface area contributed by atoms with Gasteiger partial charge in [0.1, 0.15) is 0 Å². The van der Waals surface area contributed by atoms with E-state index in [4.69, 9.17) is 0 Å². The molecule has 1 fully saturated rings. The van der Waals surface area contributed by atoms with Gasteiger partial charge in [-0.15, -0.1) is 0 Å². The van der Waals surface area contributed by atoms with E-state index in [1.807, 2.05) is 6.20 Å². The smallest absolute Gasteiger partial charge is 0.0253 e. The van der Waals surface area contributed by atoms with Crippen LogP contribution in [-0.4, -0.2) is 19.8 Å². The number of aliphatic imine (C=N–C) groups is 1. The van der Waals surface area contributed by atoms with Gasteiger partial charge < -0.3 is 5.32 Å². The van der Waals surface area contributed by atoms with Crippen LogP contribution >= 0.6 is 0 Å². The minimum absolute atomic E-state index is 0.700. The second kappa shape index (κ2) is 3.52. The second-order valence-corrected chi connectivity index (χ2v) is 2.75. The van der Waals surface area contributed by atoms with Crippen LogP contribution in [0.5, 0.6) is 0 Å². The van der Waals surface area contributed by atoms with Crippen molar-refractivity contribution >= 4 is 6.72 Å². The normalized spacial score (nSPS) is 26.9. The molecule has 1 aliphatic rings. The molecule has 1 saturated heterocycles. The van der Waals surface area contributed by atoms with Gasteiger partial charge >= 0.3 is 0 Å². The molecule has 0 spiro atoms. The molecule has 1 rings (SSSR count). The number of hydrogen-bond donors (Lipinski definition) is 1. The first-order chi connectivity index (χ1) is 4.84. The van der Waals surface area contributed by atoms with Gasteiger partial charge in [-0.3, -0.25) is 4.99 Å². The lowest BCUT2D eigenvalue weighted by molar-refractivity contribution is 0.680. The van der Waals surface area contributed by atoms with Gasteiger partial charge in [0.2, 0.25) is 0 Å². The Morgan fingerprint density at radius 2 is 2.60 bits per heavy atom. The monoisotopic (exact) mass is 138 g/mol. The zero-order valence-corrected chi connectivity index (χ0v) is 6.43. The molecule has 0 amide bonds. The maximum atomic E-state index is 3.74. The number of nitrogens with one attached hydrogen (secondary N) is 1. The summed E-state index contributed by atoms with van der Waals surface area (Å²) in [6, 6.07) is 0. The number of nitrogens with zero attached hydrogens (tertiary/aromatic N) is 1. The first-order valence-electron chi connectivity index (χ1n) is 3.68. The molecule has 2 nitrogen and oxygen atoms in total. The van der Waals surface area contributed by atoms with E-state index in [0.717, 1.165) is 13.1 Å². The van der Waals surface area contributed by atoms with Crippen molar-refractivity contribution in [2.24, 2.45) is 10.9 Å². The van der Waals surface area contributed by atoms with Gasteiger partial charge in [-0.1, -0.05) is 5.57 Å². The minimum atomic E-state index is 0.700. The maximum Gasteiger partial charge on any atom is 0.0253 e. The zero-order valence-electron chi connectivity index (χ0n) is 6.43. The summed E-state index contributed by atoms with van der Waals surface area (Å²) in [6.07, 6.45) is 3.11. The van der Waals surface area contributed by atoms with Gasteiger partial charge in [0, 0.05) is 12.7 Å². The standard InChI is InChI=1S/C8H14N2/c1-7(5-9-2)8-3-4-10-6-8/h5,8,10H,2-4,6H2,1H3/b7-5+. The maximum absolute atomic E-state index is 3.74. The first-order valence-corrected chi connectivity index (χ1v) is 3.68. The van der Waals surface area contributed by atoms with E-state index < -0.39 is 0 Å². The van der Waals surface area contributed by atoms with Crippen molar-refractivity contribution in [3.8, 4) is 0 Å². The SMILES string of the molecule is C=N/C=C(\C)C1CCNC1. The van der Waals surface area contributed by atoms with Crippen molar-refractivity contribution in [1.29, 1.82) is 0 Å². The van der Waals surface area contributed by atoms with Gasteiger partial charge in [0.15, 0.2) is 0 Å². The molecule has 1 unspecified atom stereocenters. The van der Waals surface area contributed by atoms with Crippen LogP contribution in [0.1, 0.15) is 13.3 Å². The molecule has 56 valence electrons. The van der Waals surface area contributed by atoms with E-state index >= 15 is 0 Å². The van der Waals surface area contributed by atoms with Crippen molar-refractivity contribution in [3.63, 3.8) is 0 Å². The topological polar surface area (TPSA) is 24.4 Å². The lowest BCUT2D eigenvalue weighted by Gasteiger charge is -2.05. The number of hydrogen-bond acceptors (Lipinski definition) is 2. The Balaban J connectivity index is 2.46. The van der Waals surface area contributed by atoms with Crippen molar-refractivity contribution in [2.75, 3.05) is 13.1 Å². The molecule has 0 saturated carbocycles. The molecule has 1 aliphatic heterocycles. The van der Waals surface area contributed by atoms with Crippen LogP contribution in [-0.2, 0) is 0 Å². The fourth-order valence-corrected chi connectivity index (χ4v) is 1.29. The van der Waals surface area contributed by atoms with Crippen LogP contribution in [0.3, 0.4) is 0 Å². The highest BCUT2D eigenvalue weighted by molar-refractivity contribution is 5.26. The third-order valence-corrected chi connectivity index (χ3v) is 2.00. The summed E-state index contributed by atoms with van der Waals surface area (Å²) in [6.45, 7) is 7.80. The highest BCUT2D eigenvalue weighted by atomic mass is 14.9. The highest BCUT2D eigenvalue weighted by Crippen LogP contribution is 2.16. The van der Waals surface area contributed by atoms with Crippen LogP contribution in [0.2, 0.25) is 0 Å². The third-order valence-electron chi connectivity index (χ3n) is 2.00. The fraction of sp³-hybridized carbons (Fsp3) is 0.625. The van der Waals surface area contributed by atoms with Crippen LogP contribution < -0.4 is 5.32 Å². The van der Waals surface area contributed by atoms with E-state index in [-0.39, 0.29) is 0 Å². The average Bonchev–Trinajstić information content (AvgIpc) is 2.38. The van der Waals surface area contributed by atoms with E-state index in [1.54, 1.807) is 0 Å².